The van der Waals surface area contributed by atoms with Gasteiger partial charge in [-0.2, -0.15) is 0 Å². The molecule has 4 N–H and O–H groups in total. The highest BCUT2D eigenvalue weighted by molar-refractivity contribution is 9.10. The molecule has 1 aromatic carbocycles. The van der Waals surface area contributed by atoms with Crippen molar-refractivity contribution in [3.63, 3.8) is 0 Å². The Kier molecular flexibility index (Phi) is 4.36. The average molecular weight is 342 g/mol. The van der Waals surface area contributed by atoms with Crippen LogP contribution in [0.2, 0.25) is 5.02 Å². The second kappa shape index (κ2) is 6.01. The van der Waals surface area contributed by atoms with Gasteiger partial charge >= 0.3 is 0 Å². The zero-order chi connectivity index (χ0) is 13.8. The van der Waals surface area contributed by atoms with Crippen molar-refractivity contribution in [2.45, 2.75) is 0 Å². The van der Waals surface area contributed by atoms with Crippen LogP contribution in [0.1, 0.15) is 10.5 Å². The number of benzene rings is 1. The molecule has 19 heavy (non-hydrogen) atoms. The van der Waals surface area contributed by atoms with Crippen LogP contribution in [-0.2, 0) is 0 Å². The molecule has 1 heterocycles. The fourth-order valence-corrected chi connectivity index (χ4v) is 1.91. The van der Waals surface area contributed by atoms with E-state index in [1.165, 1.54) is 0 Å². The molecule has 0 aliphatic carbocycles. The van der Waals surface area contributed by atoms with E-state index in [4.69, 9.17) is 17.4 Å². The number of halogens is 2. The number of nitrogens with one attached hydrogen (secondary N) is 2. The SMILES string of the molecule is NNc1cccc(C(=O)Nc2ccc(Cl)c(Br)c2)n1. The number of hydrogen-bond acceptors (Lipinski definition) is 4. The molecule has 0 aliphatic heterocycles. The van der Waals surface area contributed by atoms with Gasteiger partial charge in [0.05, 0.1) is 5.02 Å². The van der Waals surface area contributed by atoms with Crippen LogP contribution >= 0.6 is 27.5 Å². The molecule has 0 radical (unpaired) electrons. The number of hydrazine groups is 1. The third-order valence-corrected chi connectivity index (χ3v) is 3.52. The largest absolute Gasteiger partial charge is 0.321 e. The molecule has 0 saturated heterocycles. The van der Waals surface area contributed by atoms with E-state index >= 15 is 0 Å². The minimum atomic E-state index is -0.327. The summed E-state index contributed by atoms with van der Waals surface area (Å²) in [6.45, 7) is 0. The highest BCUT2D eigenvalue weighted by atomic mass is 79.9. The summed E-state index contributed by atoms with van der Waals surface area (Å²) < 4.78 is 0.706. The molecule has 1 aromatic heterocycles. The lowest BCUT2D eigenvalue weighted by Crippen LogP contribution is -2.16. The van der Waals surface area contributed by atoms with Crippen LogP contribution in [0.4, 0.5) is 11.5 Å². The van der Waals surface area contributed by atoms with Gasteiger partial charge in [0.15, 0.2) is 0 Å². The second-order valence-corrected chi connectivity index (χ2v) is 4.90. The van der Waals surface area contributed by atoms with Crippen LogP contribution in [-0.4, -0.2) is 10.9 Å². The van der Waals surface area contributed by atoms with E-state index in [9.17, 15) is 4.79 Å². The maximum absolute atomic E-state index is 12.0. The number of nitrogen functional groups attached to an aromatic ring is 1. The van der Waals surface area contributed by atoms with Crippen LogP contribution in [0.5, 0.6) is 0 Å². The van der Waals surface area contributed by atoms with Gasteiger partial charge in [0.1, 0.15) is 11.5 Å². The first-order chi connectivity index (χ1) is 9.10. The Hall–Kier alpha value is -1.63. The van der Waals surface area contributed by atoms with Crippen molar-refractivity contribution in [3.8, 4) is 0 Å². The van der Waals surface area contributed by atoms with E-state index in [1.807, 2.05) is 0 Å². The molecule has 0 saturated carbocycles. The number of hydrogen-bond donors (Lipinski definition) is 3. The van der Waals surface area contributed by atoms with E-state index in [2.05, 4.69) is 31.7 Å². The maximum Gasteiger partial charge on any atom is 0.274 e. The molecular formula is C12H10BrClN4O. The summed E-state index contributed by atoms with van der Waals surface area (Å²) in [6.07, 6.45) is 0. The lowest BCUT2D eigenvalue weighted by molar-refractivity contribution is 0.102. The van der Waals surface area contributed by atoms with Gasteiger partial charge in [0.2, 0.25) is 0 Å². The first-order valence-corrected chi connectivity index (χ1v) is 6.47. The molecule has 2 aromatic rings. The molecular weight excluding hydrogens is 332 g/mol. The van der Waals surface area contributed by atoms with Crippen LogP contribution in [0, 0.1) is 0 Å². The van der Waals surface area contributed by atoms with Gasteiger partial charge in [-0.3, -0.25) is 4.79 Å². The summed E-state index contributed by atoms with van der Waals surface area (Å²) >= 11 is 9.17. The van der Waals surface area contributed by atoms with E-state index in [1.54, 1.807) is 36.4 Å². The zero-order valence-corrected chi connectivity index (χ0v) is 12.0. The van der Waals surface area contributed by atoms with Gasteiger partial charge in [-0.15, -0.1) is 0 Å². The first kappa shape index (κ1) is 13.8. The number of nitrogens with zero attached hydrogens (tertiary/aromatic N) is 1. The van der Waals surface area contributed by atoms with Gasteiger partial charge in [0, 0.05) is 10.2 Å². The van der Waals surface area contributed by atoms with Crippen molar-refractivity contribution >= 4 is 44.9 Å². The molecule has 7 heteroatoms. The second-order valence-electron chi connectivity index (χ2n) is 3.64. The number of anilines is 2. The third kappa shape index (κ3) is 3.44. The Morgan fingerprint density at radius 1 is 1.32 bits per heavy atom. The van der Waals surface area contributed by atoms with Crippen molar-refractivity contribution in [2.75, 3.05) is 10.7 Å². The Morgan fingerprint density at radius 3 is 2.79 bits per heavy atom. The van der Waals surface area contributed by atoms with Crippen molar-refractivity contribution < 1.29 is 4.79 Å². The van der Waals surface area contributed by atoms with Crippen molar-refractivity contribution in [1.82, 2.24) is 4.98 Å². The van der Waals surface area contributed by atoms with Gasteiger partial charge < -0.3 is 10.7 Å². The third-order valence-electron chi connectivity index (χ3n) is 2.31. The fraction of sp³-hybridized carbons (Fsp3) is 0. The number of nitrogens with two attached hydrogens (primary N) is 1. The van der Waals surface area contributed by atoms with E-state index in [0.717, 1.165) is 0 Å². The number of pyridine rings is 1. The number of carbonyl (C=O) groups excluding carboxylic acids is 1. The summed E-state index contributed by atoms with van der Waals surface area (Å²) in [7, 11) is 0. The molecule has 5 nitrogen and oxygen atoms in total. The van der Waals surface area contributed by atoms with Crippen LogP contribution in [0.15, 0.2) is 40.9 Å². The summed E-state index contributed by atoms with van der Waals surface area (Å²) in [5.74, 6) is 5.34. The molecule has 2 rings (SSSR count). The fourth-order valence-electron chi connectivity index (χ4n) is 1.41. The Bertz CT molecular complexity index is 620. The molecule has 0 bridgehead atoms. The minimum Gasteiger partial charge on any atom is -0.321 e. The van der Waals surface area contributed by atoms with Crippen molar-refractivity contribution in [3.05, 3.63) is 51.6 Å². The molecule has 1 amide bonds. The lowest BCUT2D eigenvalue weighted by atomic mass is 10.3. The highest BCUT2D eigenvalue weighted by Crippen LogP contribution is 2.25. The van der Waals surface area contributed by atoms with E-state index in [0.29, 0.717) is 21.0 Å². The summed E-state index contributed by atoms with van der Waals surface area (Å²) in [5.41, 5.74) is 3.27. The molecule has 98 valence electrons. The summed E-state index contributed by atoms with van der Waals surface area (Å²) in [6, 6.07) is 10.1. The van der Waals surface area contributed by atoms with Gasteiger partial charge in [-0.1, -0.05) is 17.7 Å². The molecule has 0 atom stereocenters. The maximum atomic E-state index is 12.0. The van der Waals surface area contributed by atoms with E-state index < -0.39 is 0 Å². The predicted octanol–water partition coefficient (Wildman–Crippen LogP) is 3.04. The zero-order valence-electron chi connectivity index (χ0n) is 9.65. The number of aromatic nitrogens is 1. The van der Waals surface area contributed by atoms with Crippen LogP contribution < -0.4 is 16.6 Å². The highest BCUT2D eigenvalue weighted by Gasteiger charge is 2.09. The Balaban J connectivity index is 2.18. The quantitative estimate of drug-likeness (QED) is 0.592. The van der Waals surface area contributed by atoms with Gasteiger partial charge in [-0.05, 0) is 46.3 Å². The molecule has 0 unspecified atom stereocenters. The predicted molar refractivity (Wildman–Crippen MR) is 79.2 cm³/mol. The van der Waals surface area contributed by atoms with Crippen molar-refractivity contribution in [2.24, 2.45) is 5.84 Å². The van der Waals surface area contributed by atoms with Crippen LogP contribution in [0.3, 0.4) is 0 Å². The summed E-state index contributed by atoms with van der Waals surface area (Å²) in [4.78, 5) is 16.0. The smallest absolute Gasteiger partial charge is 0.274 e. The van der Waals surface area contributed by atoms with Gasteiger partial charge in [-0.25, -0.2) is 10.8 Å². The van der Waals surface area contributed by atoms with E-state index in [-0.39, 0.29) is 11.6 Å². The molecule has 0 spiro atoms. The monoisotopic (exact) mass is 340 g/mol. The van der Waals surface area contributed by atoms with Crippen molar-refractivity contribution in [1.29, 1.82) is 0 Å². The lowest BCUT2D eigenvalue weighted by Gasteiger charge is -2.07. The number of carbonyl (C=O) groups is 1. The first-order valence-electron chi connectivity index (χ1n) is 5.30. The van der Waals surface area contributed by atoms with Crippen LogP contribution in [0.25, 0.3) is 0 Å². The number of amides is 1. The normalized spacial score (nSPS) is 10.1. The average Bonchev–Trinajstić information content (AvgIpc) is 2.43. The summed E-state index contributed by atoms with van der Waals surface area (Å²) in [5, 5.41) is 3.29. The Labute approximate surface area is 123 Å². The minimum absolute atomic E-state index is 0.265. The topological polar surface area (TPSA) is 80.0 Å². The Morgan fingerprint density at radius 2 is 2.11 bits per heavy atom. The van der Waals surface area contributed by atoms with Gasteiger partial charge in [0.25, 0.3) is 5.91 Å². The number of rotatable bonds is 3. The standard InChI is InChI=1S/C12H10BrClN4O/c13-8-6-7(4-5-9(8)14)16-12(19)10-2-1-3-11(17-10)18-15/h1-6H,15H2,(H,16,19)(H,17,18). The molecule has 0 fully saturated rings. The molecule has 0 aliphatic rings.